The van der Waals surface area contributed by atoms with Crippen molar-refractivity contribution in [2.75, 3.05) is 4.90 Å². The Morgan fingerprint density at radius 2 is 0.636 bits per heavy atom. The van der Waals surface area contributed by atoms with E-state index in [9.17, 15) is 0 Å². The Kier molecular flexibility index (Phi) is 8.24. The molecule has 0 atom stereocenters. The normalized spacial score (nSPS) is 11.3. The lowest BCUT2D eigenvalue weighted by Gasteiger charge is -2.26. The largest absolute Gasteiger partial charge is 0.310 e. The van der Waals surface area contributed by atoms with Gasteiger partial charge in [0.15, 0.2) is 0 Å². The van der Waals surface area contributed by atoms with Crippen molar-refractivity contribution in [1.82, 2.24) is 0 Å². The third kappa shape index (κ3) is 6.33. The van der Waals surface area contributed by atoms with E-state index in [1.165, 1.54) is 76.8 Å². The van der Waals surface area contributed by atoms with Crippen LogP contribution in [0, 0.1) is 0 Å². The summed E-state index contributed by atoms with van der Waals surface area (Å²) in [6.45, 7) is 0. The molecule has 0 N–H and O–H groups in total. The van der Waals surface area contributed by atoms with Gasteiger partial charge in [-0.1, -0.05) is 176 Å². The molecule has 0 aliphatic rings. The first kappa shape index (κ1) is 32.4. The van der Waals surface area contributed by atoms with Gasteiger partial charge in [0.05, 0.1) is 0 Å². The second-order valence-electron chi connectivity index (χ2n) is 14.2. The molecule has 258 valence electrons. The maximum atomic E-state index is 2.37. The van der Waals surface area contributed by atoms with E-state index in [1.54, 1.807) is 0 Å². The van der Waals surface area contributed by atoms with Crippen LogP contribution in [0.1, 0.15) is 0 Å². The molecule has 10 aromatic rings. The summed E-state index contributed by atoms with van der Waals surface area (Å²) >= 11 is 0. The highest BCUT2D eigenvalue weighted by Gasteiger charge is 2.15. The lowest BCUT2D eigenvalue weighted by Crippen LogP contribution is -2.10. The molecule has 0 aromatic heterocycles. The molecule has 0 saturated heterocycles. The van der Waals surface area contributed by atoms with Crippen LogP contribution in [0.25, 0.3) is 76.8 Å². The monoisotopic (exact) mass is 699 g/mol. The second kappa shape index (κ2) is 14.0. The Morgan fingerprint density at radius 1 is 0.218 bits per heavy atom. The number of hydrogen-bond acceptors (Lipinski definition) is 1. The third-order valence-electron chi connectivity index (χ3n) is 10.8. The average Bonchev–Trinajstić information content (AvgIpc) is 3.26. The molecule has 0 aliphatic carbocycles. The van der Waals surface area contributed by atoms with Crippen LogP contribution >= 0.6 is 0 Å². The zero-order chi connectivity index (χ0) is 36.6. The van der Waals surface area contributed by atoms with E-state index in [1.807, 2.05) is 0 Å². The van der Waals surface area contributed by atoms with Crippen molar-refractivity contribution >= 4 is 49.4 Å². The highest BCUT2D eigenvalue weighted by atomic mass is 15.1. The van der Waals surface area contributed by atoms with Crippen molar-refractivity contribution in [2.45, 2.75) is 0 Å². The van der Waals surface area contributed by atoms with E-state index in [2.05, 4.69) is 229 Å². The van der Waals surface area contributed by atoms with Crippen molar-refractivity contribution in [2.24, 2.45) is 0 Å². The second-order valence-corrected chi connectivity index (χ2v) is 14.2. The zero-order valence-corrected chi connectivity index (χ0v) is 30.3. The number of nitrogens with zero attached hydrogens (tertiary/aromatic N) is 1. The molecule has 0 radical (unpaired) electrons. The van der Waals surface area contributed by atoms with Crippen LogP contribution in [-0.2, 0) is 0 Å². The lowest BCUT2D eigenvalue weighted by molar-refractivity contribution is 1.28. The fourth-order valence-corrected chi connectivity index (χ4v) is 7.94. The van der Waals surface area contributed by atoms with Crippen molar-refractivity contribution in [1.29, 1.82) is 0 Å². The molecule has 0 spiro atoms. The van der Waals surface area contributed by atoms with Gasteiger partial charge >= 0.3 is 0 Å². The molecule has 0 heterocycles. The number of hydrogen-bond donors (Lipinski definition) is 0. The Bertz CT molecular complexity index is 2950. The van der Waals surface area contributed by atoms with E-state index in [4.69, 9.17) is 0 Å². The van der Waals surface area contributed by atoms with Gasteiger partial charge in [-0.2, -0.15) is 0 Å². The van der Waals surface area contributed by atoms with Gasteiger partial charge in [0.25, 0.3) is 0 Å². The van der Waals surface area contributed by atoms with Crippen molar-refractivity contribution in [3.63, 3.8) is 0 Å². The fraction of sp³-hybridized carbons (Fsp3) is 0. The van der Waals surface area contributed by atoms with Gasteiger partial charge in [-0.15, -0.1) is 0 Å². The van der Waals surface area contributed by atoms with E-state index in [-0.39, 0.29) is 0 Å². The zero-order valence-electron chi connectivity index (χ0n) is 30.3. The van der Waals surface area contributed by atoms with Gasteiger partial charge in [-0.05, 0) is 125 Å². The van der Waals surface area contributed by atoms with Crippen LogP contribution in [0.15, 0.2) is 224 Å². The third-order valence-corrected chi connectivity index (χ3v) is 10.8. The number of benzene rings is 10. The Balaban J connectivity index is 1.01. The van der Waals surface area contributed by atoms with Crippen LogP contribution in [0.3, 0.4) is 0 Å². The molecule has 0 amide bonds. The van der Waals surface area contributed by atoms with Gasteiger partial charge in [-0.3, -0.25) is 0 Å². The molecule has 0 saturated carbocycles. The minimum atomic E-state index is 1.10. The smallest absolute Gasteiger partial charge is 0.0467 e. The predicted octanol–water partition coefficient (Wildman–Crippen LogP) is 15.3. The first-order valence-electron chi connectivity index (χ1n) is 18.9. The molecule has 0 unspecified atom stereocenters. The highest BCUT2D eigenvalue weighted by Crippen LogP contribution is 2.40. The first-order valence-corrected chi connectivity index (χ1v) is 18.9. The highest BCUT2D eigenvalue weighted by molar-refractivity contribution is 5.97. The van der Waals surface area contributed by atoms with Crippen molar-refractivity contribution < 1.29 is 0 Å². The molecule has 0 bridgehead atoms. The molecular formula is C54H37N. The fourth-order valence-electron chi connectivity index (χ4n) is 7.94. The topological polar surface area (TPSA) is 3.24 Å². The molecule has 0 fully saturated rings. The Hall–Kier alpha value is -7.22. The van der Waals surface area contributed by atoms with Gasteiger partial charge in [0.2, 0.25) is 0 Å². The predicted molar refractivity (Wildman–Crippen MR) is 235 cm³/mol. The first-order chi connectivity index (χ1) is 27.2. The molecule has 0 aliphatic heterocycles. The van der Waals surface area contributed by atoms with Gasteiger partial charge in [-0.25, -0.2) is 0 Å². The van der Waals surface area contributed by atoms with Crippen LogP contribution in [0.5, 0.6) is 0 Å². The summed E-state index contributed by atoms with van der Waals surface area (Å²) in [5.74, 6) is 0. The van der Waals surface area contributed by atoms with E-state index in [0.29, 0.717) is 0 Å². The average molecular weight is 700 g/mol. The van der Waals surface area contributed by atoms with Gasteiger partial charge in [0, 0.05) is 17.1 Å². The quantitative estimate of drug-likeness (QED) is 0.160. The summed E-state index contributed by atoms with van der Waals surface area (Å²) in [6.07, 6.45) is 0. The number of anilines is 3. The Labute approximate surface area is 322 Å². The van der Waals surface area contributed by atoms with Crippen LogP contribution in [0.4, 0.5) is 17.1 Å². The Morgan fingerprint density at radius 3 is 1.20 bits per heavy atom. The minimum absolute atomic E-state index is 1.10. The van der Waals surface area contributed by atoms with E-state index in [0.717, 1.165) is 17.1 Å². The summed E-state index contributed by atoms with van der Waals surface area (Å²) in [4.78, 5) is 2.37. The van der Waals surface area contributed by atoms with Crippen molar-refractivity contribution in [3.8, 4) is 44.5 Å². The lowest BCUT2D eigenvalue weighted by atomic mass is 9.97. The van der Waals surface area contributed by atoms with Gasteiger partial charge < -0.3 is 4.90 Å². The molecular weight excluding hydrogens is 663 g/mol. The molecule has 10 aromatic carbocycles. The minimum Gasteiger partial charge on any atom is -0.310 e. The summed E-state index contributed by atoms with van der Waals surface area (Å²) in [6, 6.07) is 81.5. The molecule has 1 heteroatoms. The van der Waals surface area contributed by atoms with Crippen LogP contribution < -0.4 is 4.90 Å². The molecule has 55 heavy (non-hydrogen) atoms. The number of rotatable bonds is 7. The standard InChI is InChI=1S/C54H37N/c1-3-12-45-35-47(25-23-38(45)9-1)42-21-19-40(20-22-42)41-27-31-50(32-28-41)55(51-33-29-43(30-34-51)48-26-24-39-10-2-4-13-46(39)36-48)52-16-7-15-49(37-52)54-18-8-14-44-11-5-6-17-53(44)54/h1-37H. The molecule has 1 nitrogen and oxygen atoms in total. The summed E-state index contributed by atoms with van der Waals surface area (Å²) < 4.78 is 0. The van der Waals surface area contributed by atoms with E-state index >= 15 is 0 Å². The van der Waals surface area contributed by atoms with Crippen molar-refractivity contribution in [3.05, 3.63) is 224 Å². The summed E-state index contributed by atoms with van der Waals surface area (Å²) in [7, 11) is 0. The SMILES string of the molecule is c1cc(-c2cccc3ccccc23)cc(N(c2ccc(-c3ccc(-c4ccc5ccccc5c4)cc3)cc2)c2ccc(-c3ccc4ccccc4c3)cc2)c1. The van der Waals surface area contributed by atoms with Crippen LogP contribution in [-0.4, -0.2) is 0 Å². The van der Waals surface area contributed by atoms with Crippen LogP contribution in [0.2, 0.25) is 0 Å². The maximum Gasteiger partial charge on any atom is 0.0467 e. The maximum absolute atomic E-state index is 2.37. The van der Waals surface area contributed by atoms with Gasteiger partial charge in [0.1, 0.15) is 0 Å². The van der Waals surface area contributed by atoms with E-state index < -0.39 is 0 Å². The summed E-state index contributed by atoms with van der Waals surface area (Å²) in [5, 5.41) is 7.52. The summed E-state index contributed by atoms with van der Waals surface area (Å²) in [5.41, 5.74) is 13.0. The molecule has 10 rings (SSSR count). The number of fused-ring (bicyclic) bond motifs is 3.